The van der Waals surface area contributed by atoms with Gasteiger partial charge in [-0.15, -0.1) is 6.58 Å². The van der Waals surface area contributed by atoms with Crippen molar-refractivity contribution in [2.75, 3.05) is 13.2 Å². The Hall–Kier alpha value is -0.880. The topological polar surface area (TPSA) is 46.6 Å². The van der Waals surface area contributed by atoms with E-state index in [1.165, 1.54) is 16.7 Å². The summed E-state index contributed by atoms with van der Waals surface area (Å²) in [6, 6.07) is 0. The number of thioether (sulfide) groups is 1. The molecule has 18 heavy (non-hydrogen) atoms. The van der Waals surface area contributed by atoms with Crippen LogP contribution in [0, 0.1) is 0 Å². The molecule has 0 aromatic rings. The second-order valence-electron chi connectivity index (χ2n) is 3.89. The summed E-state index contributed by atoms with van der Waals surface area (Å²) in [6.45, 7) is 6.41. The van der Waals surface area contributed by atoms with Gasteiger partial charge in [-0.05, 0) is 6.42 Å². The van der Waals surface area contributed by atoms with Crippen molar-refractivity contribution in [3.05, 3.63) is 12.7 Å². The van der Waals surface area contributed by atoms with Crippen molar-refractivity contribution < 1.29 is 14.3 Å². The van der Waals surface area contributed by atoms with Crippen LogP contribution in [0.3, 0.4) is 0 Å². The van der Waals surface area contributed by atoms with Crippen molar-refractivity contribution >= 4 is 40.2 Å². The molecule has 1 rings (SSSR count). The normalized spacial score (nSPS) is 19.2. The van der Waals surface area contributed by atoms with Gasteiger partial charge in [0.15, 0.2) is 0 Å². The number of hydrogen-bond donors (Lipinski definition) is 0. The van der Waals surface area contributed by atoms with Crippen LogP contribution in [0.25, 0.3) is 0 Å². The first-order chi connectivity index (χ1) is 8.60. The molecule has 1 amide bonds. The third kappa shape index (κ3) is 4.10. The Balaban J connectivity index is 2.44. The number of hydrogen-bond acceptors (Lipinski definition) is 5. The van der Waals surface area contributed by atoms with Crippen LogP contribution >= 0.6 is 24.0 Å². The summed E-state index contributed by atoms with van der Waals surface area (Å²) in [5, 5.41) is -0.438. The molecule has 6 heteroatoms. The number of rotatable bonds is 7. The van der Waals surface area contributed by atoms with Crippen LogP contribution < -0.4 is 0 Å². The highest BCUT2D eigenvalue weighted by Crippen LogP contribution is 2.29. The van der Waals surface area contributed by atoms with E-state index in [0.717, 1.165) is 12.8 Å². The Morgan fingerprint density at radius 3 is 3.00 bits per heavy atom. The summed E-state index contributed by atoms with van der Waals surface area (Å²) < 4.78 is 5.54. The average Bonchev–Trinajstić information content (AvgIpc) is 2.58. The molecule has 1 unspecified atom stereocenters. The quantitative estimate of drug-likeness (QED) is 0.311. The number of carbonyl (C=O) groups excluding carboxylic acids is 2. The van der Waals surface area contributed by atoms with Crippen molar-refractivity contribution in [1.29, 1.82) is 0 Å². The summed E-state index contributed by atoms with van der Waals surface area (Å²) in [7, 11) is 0. The fourth-order valence-corrected chi connectivity index (χ4v) is 2.96. The fraction of sp³-hybridized carbons (Fsp3) is 0.583. The van der Waals surface area contributed by atoms with Gasteiger partial charge in [-0.3, -0.25) is 14.5 Å². The lowest BCUT2D eigenvalue weighted by atomic mass is 10.2. The molecule has 1 aliphatic heterocycles. The smallest absolute Gasteiger partial charge is 0.307 e. The monoisotopic (exact) mass is 287 g/mol. The molecule has 1 saturated heterocycles. The Morgan fingerprint density at radius 2 is 2.39 bits per heavy atom. The maximum atomic E-state index is 11.9. The largest absolute Gasteiger partial charge is 0.466 e. The van der Waals surface area contributed by atoms with E-state index in [1.54, 1.807) is 6.08 Å². The van der Waals surface area contributed by atoms with E-state index < -0.39 is 5.25 Å². The number of unbranched alkanes of at least 4 members (excludes halogenated alkanes) is 1. The van der Waals surface area contributed by atoms with Gasteiger partial charge < -0.3 is 4.74 Å². The van der Waals surface area contributed by atoms with Crippen LogP contribution in [0.1, 0.15) is 26.2 Å². The minimum atomic E-state index is -0.438. The van der Waals surface area contributed by atoms with E-state index in [1.807, 2.05) is 6.92 Å². The predicted molar refractivity (Wildman–Crippen MR) is 76.4 cm³/mol. The van der Waals surface area contributed by atoms with E-state index in [4.69, 9.17) is 17.0 Å². The molecule has 0 aromatic heterocycles. The van der Waals surface area contributed by atoms with Crippen LogP contribution in [0.5, 0.6) is 0 Å². The highest BCUT2D eigenvalue weighted by atomic mass is 32.2. The second kappa shape index (κ2) is 7.53. The van der Waals surface area contributed by atoms with Crippen molar-refractivity contribution in [2.24, 2.45) is 0 Å². The van der Waals surface area contributed by atoms with E-state index >= 15 is 0 Å². The molecule has 0 radical (unpaired) electrons. The molecule has 0 spiro atoms. The first-order valence-corrected chi connectivity index (χ1v) is 7.17. The first-order valence-electron chi connectivity index (χ1n) is 5.88. The Labute approximate surface area is 117 Å². The lowest BCUT2D eigenvalue weighted by Crippen LogP contribution is -2.32. The zero-order valence-corrected chi connectivity index (χ0v) is 12.0. The molecular weight excluding hydrogens is 270 g/mol. The van der Waals surface area contributed by atoms with E-state index in [9.17, 15) is 9.59 Å². The van der Waals surface area contributed by atoms with Gasteiger partial charge in [-0.25, -0.2) is 0 Å². The molecule has 0 aliphatic carbocycles. The SMILES string of the molecule is C=CCN1C(=O)C(CC(=O)OCCCC)SC1=S. The summed E-state index contributed by atoms with van der Waals surface area (Å²) in [5.41, 5.74) is 0. The molecule has 100 valence electrons. The van der Waals surface area contributed by atoms with E-state index in [2.05, 4.69) is 6.58 Å². The minimum absolute atomic E-state index is 0.0843. The summed E-state index contributed by atoms with van der Waals surface area (Å²) in [6.07, 6.45) is 3.52. The van der Waals surface area contributed by atoms with E-state index in [-0.39, 0.29) is 18.3 Å². The first kappa shape index (κ1) is 15.2. The standard InChI is InChI=1S/C12H17NO3S2/c1-3-5-7-16-10(14)8-9-11(15)13(6-4-2)12(17)18-9/h4,9H,2-3,5-8H2,1H3. The van der Waals surface area contributed by atoms with Crippen LogP contribution in [-0.4, -0.2) is 39.5 Å². The minimum Gasteiger partial charge on any atom is -0.466 e. The van der Waals surface area contributed by atoms with Gasteiger partial charge in [-0.1, -0.05) is 43.4 Å². The number of nitrogens with zero attached hydrogens (tertiary/aromatic N) is 1. The lowest BCUT2D eigenvalue weighted by molar-refractivity contribution is -0.145. The van der Waals surface area contributed by atoms with Gasteiger partial charge >= 0.3 is 5.97 Å². The van der Waals surface area contributed by atoms with Crippen molar-refractivity contribution in [3.63, 3.8) is 0 Å². The van der Waals surface area contributed by atoms with E-state index in [0.29, 0.717) is 17.5 Å². The molecule has 1 fully saturated rings. The van der Waals surface area contributed by atoms with Crippen molar-refractivity contribution in [2.45, 2.75) is 31.4 Å². The highest BCUT2D eigenvalue weighted by Gasteiger charge is 2.37. The lowest BCUT2D eigenvalue weighted by Gasteiger charge is -2.12. The van der Waals surface area contributed by atoms with Crippen molar-refractivity contribution in [1.82, 2.24) is 4.90 Å². The number of esters is 1. The summed E-state index contributed by atoms with van der Waals surface area (Å²) in [5.74, 6) is -0.463. The van der Waals surface area contributed by atoms with Crippen LogP contribution in [-0.2, 0) is 14.3 Å². The Bertz CT molecular complexity index is 357. The van der Waals surface area contributed by atoms with Gasteiger partial charge in [0.05, 0.1) is 13.0 Å². The molecular formula is C12H17NO3S2. The van der Waals surface area contributed by atoms with Gasteiger partial charge in [0, 0.05) is 6.54 Å². The molecule has 1 aliphatic rings. The maximum absolute atomic E-state index is 11.9. The van der Waals surface area contributed by atoms with Crippen LogP contribution in [0.4, 0.5) is 0 Å². The molecule has 1 heterocycles. The molecule has 4 nitrogen and oxygen atoms in total. The van der Waals surface area contributed by atoms with Crippen LogP contribution in [0.15, 0.2) is 12.7 Å². The second-order valence-corrected chi connectivity index (χ2v) is 5.72. The molecule has 1 atom stereocenters. The fourth-order valence-electron chi connectivity index (χ4n) is 1.46. The maximum Gasteiger partial charge on any atom is 0.307 e. The highest BCUT2D eigenvalue weighted by molar-refractivity contribution is 8.24. The predicted octanol–water partition coefficient (Wildman–Crippen LogP) is 2.13. The van der Waals surface area contributed by atoms with Crippen molar-refractivity contribution in [3.8, 4) is 0 Å². The molecule has 0 aromatic carbocycles. The summed E-state index contributed by atoms with van der Waals surface area (Å²) in [4.78, 5) is 24.9. The number of carbonyl (C=O) groups is 2. The van der Waals surface area contributed by atoms with Gasteiger partial charge in [0.2, 0.25) is 5.91 Å². The average molecular weight is 287 g/mol. The zero-order valence-electron chi connectivity index (χ0n) is 10.4. The van der Waals surface area contributed by atoms with Gasteiger partial charge in [0.1, 0.15) is 9.57 Å². The van der Waals surface area contributed by atoms with Gasteiger partial charge in [0.25, 0.3) is 0 Å². The molecule has 0 N–H and O–H groups in total. The Kier molecular flexibility index (Phi) is 6.35. The molecule has 0 bridgehead atoms. The van der Waals surface area contributed by atoms with Crippen LogP contribution in [0.2, 0.25) is 0 Å². The van der Waals surface area contributed by atoms with Gasteiger partial charge in [-0.2, -0.15) is 0 Å². The Morgan fingerprint density at radius 1 is 1.67 bits per heavy atom. The third-order valence-electron chi connectivity index (χ3n) is 2.43. The zero-order chi connectivity index (χ0) is 13.5. The number of thiocarbonyl (C=S) groups is 1. The summed E-state index contributed by atoms with van der Waals surface area (Å²) >= 11 is 6.34. The third-order valence-corrected chi connectivity index (χ3v) is 4.01. The number of amides is 1. The number of ether oxygens (including phenoxy) is 1. The molecule has 0 saturated carbocycles.